The quantitative estimate of drug-likeness (QED) is 0.186. The van der Waals surface area contributed by atoms with Crippen LogP contribution in [0, 0.1) is 6.92 Å². The molecule has 0 unspecified atom stereocenters. The molecule has 260 valence electrons. The summed E-state index contributed by atoms with van der Waals surface area (Å²) in [5.74, 6) is 3.01. The predicted octanol–water partition coefficient (Wildman–Crippen LogP) is 11.0. The summed E-state index contributed by atoms with van der Waals surface area (Å²) in [6, 6.07) is 25.9. The van der Waals surface area contributed by atoms with Crippen molar-refractivity contribution in [3.8, 4) is 17.3 Å². The van der Waals surface area contributed by atoms with Crippen molar-refractivity contribution in [1.82, 2.24) is 14.5 Å². The number of hydrogen-bond acceptors (Lipinski definition) is 5. The van der Waals surface area contributed by atoms with Crippen LogP contribution in [0.3, 0.4) is 0 Å². The Morgan fingerprint density at radius 2 is 1.43 bits per heavy atom. The summed E-state index contributed by atoms with van der Waals surface area (Å²) >= 11 is 0. The first-order valence-electron chi connectivity index (χ1n) is 18.0. The average Bonchev–Trinajstić information content (AvgIpc) is 3.59. The van der Waals surface area contributed by atoms with Crippen LogP contribution in [-0.2, 0) is 26.5 Å². The molecule has 0 saturated heterocycles. The Morgan fingerprint density at radius 1 is 0.686 bits per heavy atom. The van der Waals surface area contributed by atoms with E-state index in [1.54, 1.807) is 0 Å². The van der Waals surface area contributed by atoms with Crippen molar-refractivity contribution >= 4 is 27.7 Å². The molecule has 1 aliphatic heterocycles. The predicted molar refractivity (Wildman–Crippen MR) is 208 cm³/mol. The molecule has 6 aromatic rings. The van der Waals surface area contributed by atoms with Crippen molar-refractivity contribution in [2.24, 2.45) is 4.99 Å². The van der Waals surface area contributed by atoms with Crippen molar-refractivity contribution < 1.29 is 9.47 Å². The first-order chi connectivity index (χ1) is 23.9. The van der Waals surface area contributed by atoms with Gasteiger partial charge in [-0.2, -0.15) is 0 Å². The zero-order valence-corrected chi connectivity index (χ0v) is 31.8. The molecule has 0 radical (unpaired) electrons. The van der Waals surface area contributed by atoms with Crippen molar-refractivity contribution in [3.63, 3.8) is 0 Å². The maximum absolute atomic E-state index is 6.90. The lowest BCUT2D eigenvalue weighted by molar-refractivity contribution is -0.0136. The van der Waals surface area contributed by atoms with E-state index >= 15 is 0 Å². The minimum Gasteiger partial charge on any atom is -0.467 e. The molecular weight excluding hydrogens is 629 g/mol. The van der Waals surface area contributed by atoms with E-state index in [2.05, 4.69) is 152 Å². The molecule has 3 aromatic carbocycles. The minimum atomic E-state index is -0.574. The first-order valence-corrected chi connectivity index (χ1v) is 18.0. The van der Waals surface area contributed by atoms with E-state index in [4.69, 9.17) is 19.5 Å². The van der Waals surface area contributed by atoms with E-state index in [0.717, 1.165) is 44.9 Å². The van der Waals surface area contributed by atoms with Gasteiger partial charge in [-0.1, -0.05) is 61.5 Å². The van der Waals surface area contributed by atoms with Crippen LogP contribution in [0.4, 0.5) is 0 Å². The summed E-state index contributed by atoms with van der Waals surface area (Å²) in [5.41, 5.74) is 7.64. The molecule has 4 heterocycles. The van der Waals surface area contributed by atoms with Crippen LogP contribution in [0.1, 0.15) is 103 Å². The van der Waals surface area contributed by atoms with Gasteiger partial charge >= 0.3 is 0 Å². The third-order valence-corrected chi connectivity index (χ3v) is 11.7. The number of aromatic nitrogens is 3. The molecule has 3 aromatic heterocycles. The molecule has 2 atom stereocenters. The van der Waals surface area contributed by atoms with E-state index in [-0.39, 0.29) is 16.2 Å². The smallest absolute Gasteiger partial charge is 0.217 e. The maximum atomic E-state index is 6.90. The van der Waals surface area contributed by atoms with Gasteiger partial charge in [-0.25, -0.2) is 9.98 Å². The van der Waals surface area contributed by atoms with Crippen LogP contribution in [0.15, 0.2) is 96.4 Å². The van der Waals surface area contributed by atoms with Crippen molar-refractivity contribution in [2.75, 3.05) is 0 Å². The maximum Gasteiger partial charge on any atom is 0.217 e. The zero-order valence-electron chi connectivity index (χ0n) is 31.8. The van der Waals surface area contributed by atoms with E-state index in [1.807, 2.05) is 24.7 Å². The van der Waals surface area contributed by atoms with Gasteiger partial charge in [0.25, 0.3) is 0 Å². The molecule has 0 bridgehead atoms. The van der Waals surface area contributed by atoms with E-state index in [9.17, 15) is 0 Å². The summed E-state index contributed by atoms with van der Waals surface area (Å²) in [6.45, 7) is 24.4. The van der Waals surface area contributed by atoms with Gasteiger partial charge in [0.05, 0.1) is 11.0 Å². The molecule has 51 heavy (non-hydrogen) atoms. The Kier molecular flexibility index (Phi) is 7.01. The number of benzene rings is 3. The Morgan fingerprint density at radius 3 is 2.18 bits per heavy atom. The number of nitrogens with zero attached hydrogens (tertiary/aromatic N) is 4. The van der Waals surface area contributed by atoms with Crippen LogP contribution < -0.4 is 4.74 Å². The average molecular weight is 677 g/mol. The van der Waals surface area contributed by atoms with Crippen molar-refractivity contribution in [1.29, 1.82) is 0 Å². The molecule has 0 amide bonds. The number of ether oxygens (including phenoxy) is 2. The number of hydrogen-bond donors (Lipinski definition) is 0. The van der Waals surface area contributed by atoms with Crippen LogP contribution in [0.25, 0.3) is 27.6 Å². The third kappa shape index (κ3) is 4.93. The van der Waals surface area contributed by atoms with Gasteiger partial charge in [-0.3, -0.25) is 9.55 Å². The molecular formula is C45H48N4O2. The minimum absolute atomic E-state index is 0.00975. The highest BCUT2D eigenvalue weighted by Crippen LogP contribution is 2.61. The summed E-state index contributed by atoms with van der Waals surface area (Å²) < 4.78 is 15.9. The summed E-state index contributed by atoms with van der Waals surface area (Å²) in [7, 11) is 0. The normalized spacial score (nSPS) is 21.0. The Labute approximate surface area is 301 Å². The fourth-order valence-corrected chi connectivity index (χ4v) is 8.23. The van der Waals surface area contributed by atoms with E-state index in [1.165, 1.54) is 27.6 Å². The summed E-state index contributed by atoms with van der Waals surface area (Å²) in [4.78, 5) is 14.6. The van der Waals surface area contributed by atoms with Crippen LogP contribution in [0.2, 0.25) is 0 Å². The summed E-state index contributed by atoms with van der Waals surface area (Å²) in [6.07, 6.45) is 5.75. The molecule has 0 saturated carbocycles. The van der Waals surface area contributed by atoms with E-state index in [0.29, 0.717) is 5.90 Å². The van der Waals surface area contributed by atoms with Gasteiger partial charge in [-0.15, -0.1) is 0 Å². The Bertz CT molecular complexity index is 2420. The SMILES string of the molecule is Cc1cc(Oc2ccc3c4cc(C(C)(C)C)ccc4n(-c4cc(C(C)(C)C)ccn4)c3c2)cc(C2=N[C@]3(C)c4ccncc4C(C)(C)[C@]3(C)O2)c1. The Hall–Kier alpha value is -4.97. The zero-order chi connectivity index (χ0) is 36.3. The molecule has 6 nitrogen and oxygen atoms in total. The molecule has 1 aliphatic carbocycles. The van der Waals surface area contributed by atoms with Gasteiger partial charge in [0, 0.05) is 46.4 Å². The second kappa shape index (κ2) is 10.8. The highest BCUT2D eigenvalue weighted by molar-refractivity contribution is 6.10. The molecule has 0 fully saturated rings. The van der Waals surface area contributed by atoms with Gasteiger partial charge < -0.3 is 9.47 Å². The van der Waals surface area contributed by atoms with Crippen LogP contribution in [-0.4, -0.2) is 26.0 Å². The lowest BCUT2D eigenvalue weighted by Gasteiger charge is -2.41. The van der Waals surface area contributed by atoms with Gasteiger partial charge in [-0.05, 0) is 120 Å². The van der Waals surface area contributed by atoms with Crippen molar-refractivity contribution in [3.05, 3.63) is 125 Å². The highest BCUT2D eigenvalue weighted by Gasteiger charge is 2.68. The molecule has 2 aliphatic rings. The fourth-order valence-electron chi connectivity index (χ4n) is 8.23. The van der Waals surface area contributed by atoms with E-state index < -0.39 is 11.1 Å². The number of aryl methyl sites for hydroxylation is 1. The fraction of sp³-hybridized carbons (Fsp3) is 0.356. The Balaban J connectivity index is 1.22. The standard InChI is InChI=1S/C45H48N4O2/c1-27-20-28(40-48-44(10)35-17-18-46-26-36(35)43(8,9)45(44,11)51-40)22-32(21-27)50-31-13-14-33-34-23-29(41(2,3)4)12-15-37(34)49(38(33)25-31)39-24-30(16-19-47-39)42(5,6)7/h12-26H,1-11H3/t44-,45+/m1/s1. The highest BCUT2D eigenvalue weighted by atomic mass is 16.5. The molecule has 0 spiro atoms. The second-order valence-electron chi connectivity index (χ2n) is 17.5. The first kappa shape index (κ1) is 33.2. The summed E-state index contributed by atoms with van der Waals surface area (Å²) in [5, 5.41) is 2.37. The lowest BCUT2D eigenvalue weighted by Crippen LogP contribution is -2.51. The monoisotopic (exact) mass is 676 g/mol. The largest absolute Gasteiger partial charge is 0.467 e. The van der Waals surface area contributed by atoms with Crippen molar-refractivity contribution in [2.45, 2.75) is 104 Å². The van der Waals surface area contributed by atoms with Gasteiger partial charge in [0.15, 0.2) is 0 Å². The number of rotatable bonds is 4. The van der Waals surface area contributed by atoms with Gasteiger partial charge in [0.2, 0.25) is 5.90 Å². The molecule has 6 heteroatoms. The van der Waals surface area contributed by atoms with Crippen LogP contribution >= 0.6 is 0 Å². The molecule has 8 rings (SSSR count). The van der Waals surface area contributed by atoms with Gasteiger partial charge in [0.1, 0.15) is 28.5 Å². The molecule has 0 N–H and O–H groups in total. The second-order valence-corrected chi connectivity index (χ2v) is 17.5. The van der Waals surface area contributed by atoms with Crippen LogP contribution in [0.5, 0.6) is 11.5 Å². The lowest BCUT2D eigenvalue weighted by atomic mass is 9.71. The third-order valence-electron chi connectivity index (χ3n) is 11.7. The number of pyridine rings is 2. The topological polar surface area (TPSA) is 61.5 Å². The number of aliphatic imine (C=N–C) groups is 1. The number of fused-ring (bicyclic) bond motifs is 6.